The van der Waals surface area contributed by atoms with Crippen LogP contribution in [0.15, 0.2) is 36.4 Å². The molecule has 0 saturated carbocycles. The Hall–Kier alpha value is -2.48. The van der Waals surface area contributed by atoms with E-state index in [9.17, 15) is 13.2 Å². The molecule has 0 aliphatic carbocycles. The number of carbonyl (C=O) groups is 1. The highest BCUT2D eigenvalue weighted by Crippen LogP contribution is 2.22. The van der Waals surface area contributed by atoms with Gasteiger partial charge in [0.2, 0.25) is 0 Å². The zero-order valence-electron chi connectivity index (χ0n) is 15.7. The molecule has 1 aliphatic heterocycles. The zero-order valence-corrected chi connectivity index (χ0v) is 16.5. The van der Waals surface area contributed by atoms with E-state index in [2.05, 4.69) is 15.3 Å². The van der Waals surface area contributed by atoms with Crippen LogP contribution in [0, 0.1) is 6.92 Å². The van der Waals surface area contributed by atoms with Crippen molar-refractivity contribution < 1.29 is 13.2 Å². The van der Waals surface area contributed by atoms with Gasteiger partial charge in [-0.2, -0.15) is 0 Å². The normalized spacial score (nSPS) is 19.4. The molecule has 1 saturated heterocycles. The lowest BCUT2D eigenvalue weighted by Gasteiger charge is -2.25. The molecule has 8 heteroatoms. The molecule has 27 heavy (non-hydrogen) atoms. The second-order valence-corrected chi connectivity index (χ2v) is 9.16. The summed E-state index contributed by atoms with van der Waals surface area (Å²) in [5.74, 6) is 1.04. The molecule has 2 aromatic rings. The van der Waals surface area contributed by atoms with Crippen LogP contribution in [-0.2, 0) is 9.84 Å². The molecule has 0 spiro atoms. The maximum Gasteiger partial charge on any atom is 0.270 e. The number of amides is 1. The van der Waals surface area contributed by atoms with Crippen molar-refractivity contribution in [2.75, 3.05) is 23.5 Å². The Balaban J connectivity index is 1.77. The quantitative estimate of drug-likeness (QED) is 0.841. The lowest BCUT2D eigenvalue weighted by atomic mass is 10.1. The van der Waals surface area contributed by atoms with Gasteiger partial charge in [0.1, 0.15) is 17.3 Å². The molecule has 0 bridgehead atoms. The Labute approximate surface area is 159 Å². The summed E-state index contributed by atoms with van der Waals surface area (Å²) < 4.78 is 23.5. The number of rotatable bonds is 5. The van der Waals surface area contributed by atoms with Gasteiger partial charge in [0.25, 0.3) is 5.91 Å². The number of aryl methyl sites for hydroxylation is 1. The van der Waals surface area contributed by atoms with Gasteiger partial charge in [-0.25, -0.2) is 18.4 Å². The summed E-state index contributed by atoms with van der Waals surface area (Å²) in [6.07, 6.45) is 0.564. The van der Waals surface area contributed by atoms with E-state index in [0.29, 0.717) is 18.1 Å². The minimum absolute atomic E-state index is 0.110. The number of benzene rings is 1. The van der Waals surface area contributed by atoms with Crippen molar-refractivity contribution in [2.24, 2.45) is 0 Å². The lowest BCUT2D eigenvalue weighted by Crippen LogP contribution is -2.34. The summed E-state index contributed by atoms with van der Waals surface area (Å²) in [5, 5.41) is 2.94. The van der Waals surface area contributed by atoms with Gasteiger partial charge in [0, 0.05) is 19.2 Å². The van der Waals surface area contributed by atoms with Crippen molar-refractivity contribution in [2.45, 2.75) is 32.4 Å². The molecule has 1 aliphatic rings. The van der Waals surface area contributed by atoms with Gasteiger partial charge in [-0.3, -0.25) is 4.79 Å². The van der Waals surface area contributed by atoms with Gasteiger partial charge >= 0.3 is 0 Å². The number of hydrogen-bond donors (Lipinski definition) is 1. The van der Waals surface area contributed by atoms with Gasteiger partial charge in [-0.15, -0.1) is 0 Å². The van der Waals surface area contributed by atoms with Crippen molar-refractivity contribution in [1.82, 2.24) is 15.3 Å². The van der Waals surface area contributed by atoms with Crippen LogP contribution in [0.2, 0.25) is 0 Å². The molecule has 144 valence electrons. The average Bonchev–Trinajstić information content (AvgIpc) is 3.01. The van der Waals surface area contributed by atoms with E-state index >= 15 is 0 Å². The SMILES string of the molecule is Cc1nc(C(=O)NC(C)c2ccccc2)cc(N(C)C2CCS(=O)(=O)C2)n1. The fourth-order valence-electron chi connectivity index (χ4n) is 3.21. The molecule has 2 heterocycles. The second kappa shape index (κ2) is 7.64. The first-order valence-corrected chi connectivity index (χ1v) is 10.7. The van der Waals surface area contributed by atoms with E-state index in [1.54, 1.807) is 13.0 Å². The minimum Gasteiger partial charge on any atom is -0.356 e. The van der Waals surface area contributed by atoms with Gasteiger partial charge < -0.3 is 10.2 Å². The van der Waals surface area contributed by atoms with Crippen LogP contribution in [0.3, 0.4) is 0 Å². The molecule has 1 aromatic heterocycles. The van der Waals surface area contributed by atoms with Crippen molar-refractivity contribution in [3.63, 3.8) is 0 Å². The predicted molar refractivity (Wildman–Crippen MR) is 105 cm³/mol. The minimum atomic E-state index is -3.00. The Bertz CT molecular complexity index is 931. The highest BCUT2D eigenvalue weighted by atomic mass is 32.2. The van der Waals surface area contributed by atoms with Crippen molar-refractivity contribution in [1.29, 1.82) is 0 Å². The Morgan fingerprint density at radius 2 is 1.96 bits per heavy atom. The molecule has 3 rings (SSSR count). The molecule has 2 atom stereocenters. The van der Waals surface area contributed by atoms with Crippen LogP contribution < -0.4 is 10.2 Å². The number of nitrogens with one attached hydrogen (secondary N) is 1. The number of aromatic nitrogens is 2. The summed E-state index contributed by atoms with van der Waals surface area (Å²) in [6.45, 7) is 3.64. The fraction of sp³-hybridized carbons (Fsp3) is 0.421. The van der Waals surface area contributed by atoms with Crippen molar-refractivity contribution in [3.05, 3.63) is 53.5 Å². The fourth-order valence-corrected chi connectivity index (χ4v) is 4.99. The van der Waals surface area contributed by atoms with E-state index in [4.69, 9.17) is 0 Å². The molecular weight excluding hydrogens is 364 g/mol. The topological polar surface area (TPSA) is 92.3 Å². The van der Waals surface area contributed by atoms with Crippen LogP contribution in [-0.4, -0.2) is 48.9 Å². The Morgan fingerprint density at radius 1 is 1.26 bits per heavy atom. The molecule has 1 fully saturated rings. The Kier molecular flexibility index (Phi) is 5.46. The summed E-state index contributed by atoms with van der Waals surface area (Å²) >= 11 is 0. The van der Waals surface area contributed by atoms with E-state index in [-0.39, 0.29) is 35.2 Å². The van der Waals surface area contributed by atoms with E-state index in [1.165, 1.54) is 0 Å². The van der Waals surface area contributed by atoms with Crippen LogP contribution in [0.5, 0.6) is 0 Å². The summed E-state index contributed by atoms with van der Waals surface area (Å²) in [7, 11) is -1.19. The van der Waals surface area contributed by atoms with Gasteiger partial charge in [0.15, 0.2) is 9.84 Å². The number of anilines is 1. The molecule has 1 amide bonds. The third-order valence-corrected chi connectivity index (χ3v) is 6.57. The molecule has 1 aromatic carbocycles. The number of carbonyl (C=O) groups excluding carboxylic acids is 1. The third kappa shape index (κ3) is 4.63. The number of sulfone groups is 1. The standard InChI is InChI=1S/C19H24N4O3S/c1-13(15-7-5-4-6-8-15)20-19(24)17-11-18(22-14(2)21-17)23(3)16-9-10-27(25,26)12-16/h4-8,11,13,16H,9-10,12H2,1-3H3,(H,20,24). The maximum absolute atomic E-state index is 12.7. The van der Waals surface area contributed by atoms with Gasteiger partial charge in [0.05, 0.1) is 17.5 Å². The highest BCUT2D eigenvalue weighted by molar-refractivity contribution is 7.91. The summed E-state index contributed by atoms with van der Waals surface area (Å²) in [4.78, 5) is 23.1. The van der Waals surface area contributed by atoms with Gasteiger partial charge in [-0.1, -0.05) is 30.3 Å². The first-order valence-electron chi connectivity index (χ1n) is 8.90. The monoisotopic (exact) mass is 388 g/mol. The van der Waals surface area contributed by atoms with Crippen molar-refractivity contribution in [3.8, 4) is 0 Å². The van der Waals surface area contributed by atoms with Gasteiger partial charge in [-0.05, 0) is 25.8 Å². The van der Waals surface area contributed by atoms with E-state index < -0.39 is 9.84 Å². The Morgan fingerprint density at radius 3 is 2.59 bits per heavy atom. The highest BCUT2D eigenvalue weighted by Gasteiger charge is 2.31. The van der Waals surface area contributed by atoms with Crippen LogP contribution >= 0.6 is 0 Å². The van der Waals surface area contributed by atoms with Crippen molar-refractivity contribution >= 4 is 21.6 Å². The molecule has 0 radical (unpaired) electrons. The maximum atomic E-state index is 12.7. The third-order valence-electron chi connectivity index (χ3n) is 4.82. The van der Waals surface area contributed by atoms with Crippen LogP contribution in [0.4, 0.5) is 5.82 Å². The predicted octanol–water partition coefficient (Wildman–Crippen LogP) is 1.90. The smallest absolute Gasteiger partial charge is 0.270 e. The molecule has 2 unspecified atom stereocenters. The summed E-state index contributed by atoms with van der Waals surface area (Å²) in [5.41, 5.74) is 1.28. The summed E-state index contributed by atoms with van der Waals surface area (Å²) in [6, 6.07) is 11.0. The largest absolute Gasteiger partial charge is 0.356 e. The van der Waals surface area contributed by atoms with Crippen LogP contribution in [0.1, 0.15) is 41.3 Å². The molecule has 1 N–H and O–H groups in total. The van der Waals surface area contributed by atoms with E-state index in [0.717, 1.165) is 5.56 Å². The number of nitrogens with zero attached hydrogens (tertiary/aromatic N) is 3. The van der Waals surface area contributed by atoms with E-state index in [1.807, 2.05) is 49.2 Å². The first kappa shape index (κ1) is 19.3. The second-order valence-electron chi connectivity index (χ2n) is 6.93. The zero-order chi connectivity index (χ0) is 19.6. The lowest BCUT2D eigenvalue weighted by molar-refractivity contribution is 0.0934. The first-order chi connectivity index (χ1) is 12.7. The molecule has 7 nitrogen and oxygen atoms in total. The average molecular weight is 388 g/mol. The number of hydrogen-bond acceptors (Lipinski definition) is 6. The van der Waals surface area contributed by atoms with Crippen LogP contribution in [0.25, 0.3) is 0 Å². The molecular formula is C19H24N4O3S.